The van der Waals surface area contributed by atoms with Crippen molar-refractivity contribution in [3.63, 3.8) is 0 Å². The first kappa shape index (κ1) is 11.7. The van der Waals surface area contributed by atoms with E-state index in [1.54, 1.807) is 6.07 Å². The number of nitrogens with one attached hydrogen (secondary N) is 1. The maximum absolute atomic E-state index is 11.4. The highest BCUT2D eigenvalue weighted by atomic mass is 32.1. The van der Waals surface area contributed by atoms with Gasteiger partial charge in [-0.3, -0.25) is 4.79 Å². The Morgan fingerprint density at radius 2 is 2.33 bits per heavy atom. The minimum absolute atomic E-state index is 0.112. The average molecular weight is 226 g/mol. The third-order valence-corrected chi connectivity index (χ3v) is 2.12. The van der Waals surface area contributed by atoms with Gasteiger partial charge in [0, 0.05) is 6.54 Å². The van der Waals surface area contributed by atoms with Crippen molar-refractivity contribution in [2.75, 3.05) is 6.54 Å². The van der Waals surface area contributed by atoms with Crippen molar-refractivity contribution in [2.24, 2.45) is 5.73 Å². The third kappa shape index (κ3) is 4.60. The molecule has 0 aliphatic heterocycles. The van der Waals surface area contributed by atoms with E-state index in [2.05, 4.69) is 5.32 Å². The molecule has 1 heterocycles. The van der Waals surface area contributed by atoms with E-state index in [4.69, 9.17) is 22.4 Å². The largest absolute Gasteiger partial charge is 0.472 e. The van der Waals surface area contributed by atoms with Crippen molar-refractivity contribution in [3.8, 4) is 0 Å². The summed E-state index contributed by atoms with van der Waals surface area (Å²) >= 11 is 4.74. The highest BCUT2D eigenvalue weighted by molar-refractivity contribution is 7.80. The van der Waals surface area contributed by atoms with Crippen molar-refractivity contribution in [1.82, 2.24) is 5.32 Å². The molecular formula is C10H14N2O2S. The molecule has 1 aromatic heterocycles. The Morgan fingerprint density at radius 1 is 1.53 bits per heavy atom. The summed E-state index contributed by atoms with van der Waals surface area (Å²) in [7, 11) is 0. The average Bonchev–Trinajstić information content (AvgIpc) is 2.69. The summed E-state index contributed by atoms with van der Waals surface area (Å²) in [6, 6.07) is 1.63. The van der Waals surface area contributed by atoms with Crippen LogP contribution in [0.15, 0.2) is 23.0 Å². The Hall–Kier alpha value is -1.36. The molecule has 0 spiro atoms. The van der Waals surface area contributed by atoms with Crippen LogP contribution < -0.4 is 11.1 Å². The lowest BCUT2D eigenvalue weighted by Gasteiger charge is -2.02. The molecule has 4 nitrogen and oxygen atoms in total. The van der Waals surface area contributed by atoms with Crippen LogP contribution >= 0.6 is 12.2 Å². The number of rotatable bonds is 6. The molecule has 15 heavy (non-hydrogen) atoms. The molecule has 0 aliphatic carbocycles. The van der Waals surface area contributed by atoms with Crippen LogP contribution in [0.1, 0.15) is 29.6 Å². The summed E-state index contributed by atoms with van der Waals surface area (Å²) in [5.41, 5.74) is 5.89. The summed E-state index contributed by atoms with van der Waals surface area (Å²) in [4.78, 5) is 11.9. The predicted molar refractivity (Wildman–Crippen MR) is 61.7 cm³/mol. The summed E-state index contributed by atoms with van der Waals surface area (Å²) < 4.78 is 4.80. The fourth-order valence-corrected chi connectivity index (χ4v) is 1.27. The fourth-order valence-electron chi connectivity index (χ4n) is 1.12. The molecule has 0 aromatic carbocycles. The zero-order chi connectivity index (χ0) is 11.1. The van der Waals surface area contributed by atoms with E-state index in [9.17, 15) is 4.79 Å². The molecule has 0 saturated heterocycles. The minimum atomic E-state index is -0.112. The highest BCUT2D eigenvalue weighted by Crippen LogP contribution is 1.99. The van der Waals surface area contributed by atoms with Crippen LogP contribution in [-0.4, -0.2) is 17.4 Å². The van der Waals surface area contributed by atoms with Crippen LogP contribution in [0, 0.1) is 0 Å². The number of nitrogens with two attached hydrogens (primary N) is 1. The van der Waals surface area contributed by atoms with Gasteiger partial charge in [-0.15, -0.1) is 0 Å². The first-order valence-electron chi connectivity index (χ1n) is 4.79. The van der Waals surface area contributed by atoms with Crippen LogP contribution in [0.4, 0.5) is 0 Å². The standard InChI is InChI=1S/C10H14N2O2S/c11-9(15)3-1-2-5-12-10(13)8-4-6-14-7-8/h4,6-7H,1-3,5H2,(H2,11,15)(H,12,13). The normalized spacial score (nSPS) is 9.87. The van der Waals surface area contributed by atoms with E-state index in [1.165, 1.54) is 12.5 Å². The lowest BCUT2D eigenvalue weighted by molar-refractivity contribution is 0.0952. The number of carbonyl (C=O) groups is 1. The number of amides is 1. The Kier molecular flexibility index (Phi) is 4.83. The van der Waals surface area contributed by atoms with Gasteiger partial charge in [0.15, 0.2) is 0 Å². The van der Waals surface area contributed by atoms with Crippen molar-refractivity contribution < 1.29 is 9.21 Å². The van der Waals surface area contributed by atoms with Gasteiger partial charge >= 0.3 is 0 Å². The molecule has 3 N–H and O–H groups in total. The number of hydrogen-bond acceptors (Lipinski definition) is 3. The van der Waals surface area contributed by atoms with Gasteiger partial charge in [-0.1, -0.05) is 12.2 Å². The summed E-state index contributed by atoms with van der Waals surface area (Å²) in [5, 5.41) is 2.78. The number of furan rings is 1. The molecule has 1 rings (SSSR count). The summed E-state index contributed by atoms with van der Waals surface area (Å²) in [6.45, 7) is 0.632. The van der Waals surface area contributed by atoms with Gasteiger partial charge in [0.05, 0.1) is 16.8 Å². The molecule has 0 aliphatic rings. The second-order valence-corrected chi connectivity index (χ2v) is 3.72. The van der Waals surface area contributed by atoms with E-state index in [-0.39, 0.29) is 5.91 Å². The van der Waals surface area contributed by atoms with Crippen LogP contribution in [0.5, 0.6) is 0 Å². The van der Waals surface area contributed by atoms with E-state index in [0.717, 1.165) is 19.3 Å². The predicted octanol–water partition coefficient (Wildman–Crippen LogP) is 1.47. The lowest BCUT2D eigenvalue weighted by atomic mass is 10.2. The van der Waals surface area contributed by atoms with Crippen LogP contribution in [0.25, 0.3) is 0 Å². The summed E-state index contributed by atoms with van der Waals surface area (Å²) in [5.74, 6) is -0.112. The molecule has 0 radical (unpaired) electrons. The Bertz CT molecular complexity index is 322. The Balaban J connectivity index is 2.10. The van der Waals surface area contributed by atoms with E-state index in [0.29, 0.717) is 17.1 Å². The van der Waals surface area contributed by atoms with Gasteiger partial charge in [0.1, 0.15) is 6.26 Å². The quantitative estimate of drug-likeness (QED) is 0.569. The van der Waals surface area contributed by atoms with E-state index < -0.39 is 0 Å². The van der Waals surface area contributed by atoms with E-state index in [1.807, 2.05) is 0 Å². The molecule has 0 atom stereocenters. The zero-order valence-electron chi connectivity index (χ0n) is 8.36. The number of hydrogen-bond donors (Lipinski definition) is 2. The Labute approximate surface area is 93.8 Å². The minimum Gasteiger partial charge on any atom is -0.472 e. The molecule has 1 amide bonds. The third-order valence-electron chi connectivity index (χ3n) is 1.92. The maximum atomic E-state index is 11.4. The number of unbranched alkanes of at least 4 members (excludes halogenated alkanes) is 1. The maximum Gasteiger partial charge on any atom is 0.254 e. The van der Waals surface area contributed by atoms with Gasteiger partial charge in [-0.25, -0.2) is 0 Å². The SMILES string of the molecule is NC(=S)CCCCNC(=O)c1ccoc1. The van der Waals surface area contributed by atoms with E-state index >= 15 is 0 Å². The van der Waals surface area contributed by atoms with Crippen molar-refractivity contribution >= 4 is 23.1 Å². The first-order valence-corrected chi connectivity index (χ1v) is 5.19. The second kappa shape index (κ2) is 6.19. The molecular weight excluding hydrogens is 212 g/mol. The van der Waals surface area contributed by atoms with Crippen molar-refractivity contribution in [3.05, 3.63) is 24.2 Å². The smallest absolute Gasteiger partial charge is 0.254 e. The lowest BCUT2D eigenvalue weighted by Crippen LogP contribution is -2.24. The molecule has 0 fully saturated rings. The van der Waals surface area contributed by atoms with Crippen LogP contribution in [0.3, 0.4) is 0 Å². The van der Waals surface area contributed by atoms with Gasteiger partial charge in [0.25, 0.3) is 5.91 Å². The monoisotopic (exact) mass is 226 g/mol. The van der Waals surface area contributed by atoms with Crippen LogP contribution in [-0.2, 0) is 0 Å². The molecule has 1 aromatic rings. The number of carbonyl (C=O) groups excluding carboxylic acids is 1. The topological polar surface area (TPSA) is 68.3 Å². The van der Waals surface area contributed by atoms with Gasteiger partial charge < -0.3 is 15.5 Å². The molecule has 5 heteroatoms. The van der Waals surface area contributed by atoms with Gasteiger partial charge in [0.2, 0.25) is 0 Å². The fraction of sp³-hybridized carbons (Fsp3) is 0.400. The first-order chi connectivity index (χ1) is 7.20. The molecule has 82 valence electrons. The molecule has 0 unspecified atom stereocenters. The highest BCUT2D eigenvalue weighted by Gasteiger charge is 2.04. The van der Waals surface area contributed by atoms with Gasteiger partial charge in [-0.05, 0) is 25.3 Å². The molecule has 0 bridgehead atoms. The van der Waals surface area contributed by atoms with Gasteiger partial charge in [-0.2, -0.15) is 0 Å². The summed E-state index contributed by atoms with van der Waals surface area (Å²) in [6.07, 6.45) is 5.41. The second-order valence-electron chi connectivity index (χ2n) is 3.19. The van der Waals surface area contributed by atoms with Crippen molar-refractivity contribution in [1.29, 1.82) is 0 Å². The molecule has 0 saturated carbocycles. The number of thiocarbonyl (C=S) groups is 1. The van der Waals surface area contributed by atoms with Crippen LogP contribution in [0.2, 0.25) is 0 Å². The van der Waals surface area contributed by atoms with Crippen molar-refractivity contribution in [2.45, 2.75) is 19.3 Å². The zero-order valence-corrected chi connectivity index (χ0v) is 9.18. The Morgan fingerprint density at radius 3 is 2.93 bits per heavy atom.